The smallest absolute Gasteiger partial charge is 0.147 e. The summed E-state index contributed by atoms with van der Waals surface area (Å²) in [6, 6.07) is 0. The third-order valence-corrected chi connectivity index (χ3v) is 4.26. The van der Waals surface area contributed by atoms with Crippen LogP contribution in [0.1, 0.15) is 46.5 Å². The molecule has 0 rings (SSSR count). The first-order chi connectivity index (χ1) is 7.81. The molecule has 0 aliphatic heterocycles. The average Bonchev–Trinajstić information content (AvgIpc) is 2.24. The summed E-state index contributed by atoms with van der Waals surface area (Å²) in [5, 5.41) is 10.2. The highest BCUT2D eigenvalue weighted by atomic mass is 32.2. The van der Waals surface area contributed by atoms with Gasteiger partial charge in [0.05, 0.1) is 11.7 Å². The molecule has 0 spiro atoms. The lowest BCUT2D eigenvalue weighted by Gasteiger charge is -2.36. The van der Waals surface area contributed by atoms with Gasteiger partial charge in [0, 0.05) is 18.6 Å². The summed E-state index contributed by atoms with van der Waals surface area (Å²) >= 11 is 0. The lowest BCUT2D eigenvalue weighted by molar-refractivity contribution is -0.127. The van der Waals surface area contributed by atoms with Crippen LogP contribution in [0.5, 0.6) is 0 Å². The Balaban J connectivity index is 4.38. The molecule has 0 aromatic carbocycles. The fraction of sp³-hybridized carbons (Fsp3) is 1.00. The molecule has 104 valence electrons. The van der Waals surface area contributed by atoms with Gasteiger partial charge in [0.15, 0.2) is 0 Å². The van der Waals surface area contributed by atoms with Gasteiger partial charge < -0.3 is 9.84 Å². The number of ether oxygens (including phenoxy) is 1. The molecule has 0 radical (unpaired) electrons. The van der Waals surface area contributed by atoms with Gasteiger partial charge >= 0.3 is 0 Å². The molecular weight excluding hydrogens is 240 g/mol. The highest BCUT2D eigenvalue weighted by molar-refractivity contribution is 7.90. The number of hydrogen-bond acceptors (Lipinski definition) is 4. The predicted octanol–water partition coefficient (Wildman–Crippen LogP) is 1.77. The van der Waals surface area contributed by atoms with E-state index in [1.165, 1.54) is 6.26 Å². The molecule has 0 aromatic heterocycles. The van der Waals surface area contributed by atoms with E-state index >= 15 is 0 Å². The fourth-order valence-electron chi connectivity index (χ4n) is 2.11. The van der Waals surface area contributed by atoms with Gasteiger partial charge in [0.2, 0.25) is 0 Å². The molecule has 17 heavy (non-hydrogen) atoms. The van der Waals surface area contributed by atoms with Crippen molar-refractivity contribution < 1.29 is 18.3 Å². The molecular formula is C12H26O4S. The van der Waals surface area contributed by atoms with Crippen molar-refractivity contribution in [1.29, 1.82) is 0 Å². The molecule has 0 fully saturated rings. The topological polar surface area (TPSA) is 63.6 Å². The highest BCUT2D eigenvalue weighted by Gasteiger charge is 2.34. The van der Waals surface area contributed by atoms with Gasteiger partial charge in [-0.3, -0.25) is 0 Å². The van der Waals surface area contributed by atoms with Crippen LogP contribution >= 0.6 is 0 Å². The molecule has 5 heteroatoms. The van der Waals surface area contributed by atoms with E-state index in [2.05, 4.69) is 0 Å². The summed E-state index contributed by atoms with van der Waals surface area (Å²) in [7, 11) is -2.94. The van der Waals surface area contributed by atoms with Crippen LogP contribution in [-0.4, -0.2) is 43.8 Å². The van der Waals surface area contributed by atoms with Crippen LogP contribution in [0.2, 0.25) is 0 Å². The van der Waals surface area contributed by atoms with Gasteiger partial charge in [-0.1, -0.05) is 13.8 Å². The summed E-state index contributed by atoms with van der Waals surface area (Å²) in [4.78, 5) is 0. The SMILES string of the molecule is CCOC(CC)(CC)C(O)CCCS(C)(=O)=O. The van der Waals surface area contributed by atoms with Crippen LogP contribution < -0.4 is 0 Å². The summed E-state index contributed by atoms with van der Waals surface area (Å²) in [5.41, 5.74) is -0.522. The summed E-state index contributed by atoms with van der Waals surface area (Å²) in [5.74, 6) is 0.125. The van der Waals surface area contributed by atoms with Gasteiger partial charge in [-0.25, -0.2) is 8.42 Å². The maximum atomic E-state index is 11.0. The van der Waals surface area contributed by atoms with Gasteiger partial charge in [-0.15, -0.1) is 0 Å². The summed E-state index contributed by atoms with van der Waals surface area (Å²) in [6.45, 7) is 6.44. The minimum absolute atomic E-state index is 0.125. The quantitative estimate of drug-likeness (QED) is 0.691. The first-order valence-electron chi connectivity index (χ1n) is 6.31. The largest absolute Gasteiger partial charge is 0.390 e. The molecule has 4 nitrogen and oxygen atoms in total. The molecule has 0 aromatic rings. The second-order valence-corrected chi connectivity index (χ2v) is 6.75. The number of hydrogen-bond donors (Lipinski definition) is 1. The molecule has 0 heterocycles. The second-order valence-electron chi connectivity index (χ2n) is 4.49. The van der Waals surface area contributed by atoms with Crippen LogP contribution in [0.4, 0.5) is 0 Å². The Hall–Kier alpha value is -0.130. The molecule has 1 atom stereocenters. The molecule has 0 amide bonds. The van der Waals surface area contributed by atoms with Crippen LogP contribution in [0.15, 0.2) is 0 Å². The lowest BCUT2D eigenvalue weighted by Crippen LogP contribution is -2.44. The van der Waals surface area contributed by atoms with Crippen LogP contribution in [0.3, 0.4) is 0 Å². The van der Waals surface area contributed by atoms with Crippen molar-refractivity contribution in [2.24, 2.45) is 0 Å². The Labute approximate surface area is 105 Å². The number of aliphatic hydroxyl groups excluding tert-OH is 1. The van der Waals surface area contributed by atoms with E-state index in [4.69, 9.17) is 4.74 Å². The van der Waals surface area contributed by atoms with Gasteiger partial charge in [0.25, 0.3) is 0 Å². The maximum Gasteiger partial charge on any atom is 0.147 e. The minimum Gasteiger partial charge on any atom is -0.390 e. The third kappa shape index (κ3) is 5.84. The fourth-order valence-corrected chi connectivity index (χ4v) is 2.80. The van der Waals surface area contributed by atoms with E-state index in [0.29, 0.717) is 19.4 Å². The number of aliphatic hydroxyl groups is 1. The Morgan fingerprint density at radius 3 is 2.12 bits per heavy atom. The van der Waals surface area contributed by atoms with Gasteiger partial charge in [0.1, 0.15) is 9.84 Å². The highest BCUT2D eigenvalue weighted by Crippen LogP contribution is 2.27. The van der Waals surface area contributed by atoms with Crippen molar-refractivity contribution in [1.82, 2.24) is 0 Å². The average molecular weight is 266 g/mol. The normalized spacial score (nSPS) is 14.9. The van der Waals surface area contributed by atoms with E-state index < -0.39 is 21.5 Å². The zero-order valence-electron chi connectivity index (χ0n) is 11.4. The standard InChI is InChI=1S/C12H26O4S/c1-5-12(6-2,16-7-3)11(13)9-8-10-17(4,14)15/h11,13H,5-10H2,1-4H3. The molecule has 0 saturated heterocycles. The number of rotatable bonds is 9. The van der Waals surface area contributed by atoms with Gasteiger partial charge in [-0.05, 0) is 32.6 Å². The molecule has 1 unspecified atom stereocenters. The monoisotopic (exact) mass is 266 g/mol. The zero-order chi connectivity index (χ0) is 13.5. The third-order valence-electron chi connectivity index (χ3n) is 3.23. The molecule has 0 saturated carbocycles. The molecule has 0 aliphatic carbocycles. The van der Waals surface area contributed by atoms with Crippen molar-refractivity contribution in [2.75, 3.05) is 18.6 Å². The van der Waals surface area contributed by atoms with E-state index in [1.54, 1.807) is 0 Å². The van der Waals surface area contributed by atoms with Crippen LogP contribution in [0.25, 0.3) is 0 Å². The first kappa shape index (κ1) is 16.9. The van der Waals surface area contributed by atoms with Crippen LogP contribution in [0, 0.1) is 0 Å². The van der Waals surface area contributed by atoms with E-state index in [0.717, 1.165) is 12.8 Å². The van der Waals surface area contributed by atoms with Crippen molar-refractivity contribution >= 4 is 9.84 Å². The Morgan fingerprint density at radius 2 is 1.76 bits per heavy atom. The van der Waals surface area contributed by atoms with Crippen molar-refractivity contribution in [2.45, 2.75) is 58.2 Å². The molecule has 0 aliphatic rings. The first-order valence-corrected chi connectivity index (χ1v) is 8.37. The number of sulfone groups is 1. The Kier molecular flexibility index (Phi) is 7.28. The molecule has 0 bridgehead atoms. The predicted molar refractivity (Wildman–Crippen MR) is 69.9 cm³/mol. The van der Waals surface area contributed by atoms with E-state index in [9.17, 15) is 13.5 Å². The van der Waals surface area contributed by atoms with Crippen molar-refractivity contribution in [3.8, 4) is 0 Å². The van der Waals surface area contributed by atoms with Gasteiger partial charge in [-0.2, -0.15) is 0 Å². The summed E-state index contributed by atoms with van der Waals surface area (Å²) in [6.07, 6.45) is 3.03. The van der Waals surface area contributed by atoms with E-state index in [1.807, 2.05) is 20.8 Å². The Bertz CT molecular complexity index is 294. The Morgan fingerprint density at radius 1 is 1.24 bits per heavy atom. The van der Waals surface area contributed by atoms with Crippen molar-refractivity contribution in [3.05, 3.63) is 0 Å². The second kappa shape index (κ2) is 7.34. The lowest BCUT2D eigenvalue weighted by atomic mass is 9.88. The summed E-state index contributed by atoms with van der Waals surface area (Å²) < 4.78 is 27.7. The van der Waals surface area contributed by atoms with E-state index in [-0.39, 0.29) is 5.75 Å². The molecule has 1 N–H and O–H groups in total. The van der Waals surface area contributed by atoms with Crippen LogP contribution in [-0.2, 0) is 14.6 Å². The minimum atomic E-state index is -2.94. The van der Waals surface area contributed by atoms with Crippen molar-refractivity contribution in [3.63, 3.8) is 0 Å². The zero-order valence-corrected chi connectivity index (χ0v) is 12.2. The maximum absolute atomic E-state index is 11.0.